The van der Waals surface area contributed by atoms with Crippen LogP contribution in [0.4, 0.5) is 21.6 Å². The summed E-state index contributed by atoms with van der Waals surface area (Å²) in [6, 6.07) is 12.3. The fraction of sp³-hybridized carbons (Fsp3) is 0.345. The number of amides is 1. The highest BCUT2D eigenvalue weighted by molar-refractivity contribution is 7.92. The van der Waals surface area contributed by atoms with Crippen LogP contribution in [0.2, 0.25) is 0 Å². The second-order valence-corrected chi connectivity index (χ2v) is 14.6. The molecule has 2 aliphatic heterocycles. The lowest BCUT2D eigenvalue weighted by molar-refractivity contribution is -0.118. The standard InChI is InChI=1S/C25H27N3O4S2.C4H6N2S/c1-16-15-26-25(33-16)27-24(29)19(13-17-9-11-32-12-10-17)18-7-8-23-21(14-18)28(2)20-5-3-4-6-22(20)34(23,30)31;1-3-2-6-4(5)7-3/h3-8,14-15,17,19H,9-13H2,1-2H3,(H,26,27,29);2H,1H3,(H2,5,6). The number of nitrogen functional groups attached to an aromatic ring is 1. The van der Waals surface area contributed by atoms with E-state index in [-0.39, 0.29) is 10.8 Å². The maximum Gasteiger partial charge on any atom is 0.233 e. The van der Waals surface area contributed by atoms with Crippen LogP contribution in [0, 0.1) is 19.8 Å². The van der Waals surface area contributed by atoms with E-state index in [9.17, 15) is 13.2 Å². The van der Waals surface area contributed by atoms with Gasteiger partial charge in [-0.25, -0.2) is 18.4 Å². The summed E-state index contributed by atoms with van der Waals surface area (Å²) in [5, 5.41) is 4.20. The number of nitrogens with zero attached hydrogens (tertiary/aromatic N) is 3. The third kappa shape index (κ3) is 6.45. The molecule has 2 aromatic carbocycles. The highest BCUT2D eigenvalue weighted by atomic mass is 32.2. The maximum atomic E-state index is 13.5. The zero-order valence-corrected chi connectivity index (χ0v) is 25.6. The molecule has 0 aliphatic carbocycles. The van der Waals surface area contributed by atoms with E-state index < -0.39 is 15.8 Å². The third-order valence-corrected chi connectivity index (χ3v) is 10.7. The average Bonchev–Trinajstić information content (AvgIpc) is 3.56. The molecular weight excluding hydrogens is 579 g/mol. The number of hydrogen-bond acceptors (Lipinski definition) is 10. The minimum atomic E-state index is -3.64. The molecule has 1 fully saturated rings. The molecule has 0 saturated carbocycles. The molecule has 216 valence electrons. The van der Waals surface area contributed by atoms with Gasteiger partial charge in [-0.3, -0.25) is 4.79 Å². The molecule has 3 N–H and O–H groups in total. The fourth-order valence-corrected chi connectivity index (χ4v) is 8.04. The van der Waals surface area contributed by atoms with Gasteiger partial charge in [0.05, 0.1) is 27.1 Å². The Morgan fingerprint density at radius 2 is 1.73 bits per heavy atom. The van der Waals surface area contributed by atoms with Crippen LogP contribution in [-0.2, 0) is 19.4 Å². The minimum Gasteiger partial charge on any atom is -0.381 e. The number of hydrogen-bond donors (Lipinski definition) is 2. The summed E-state index contributed by atoms with van der Waals surface area (Å²) in [7, 11) is -1.77. The second-order valence-electron chi connectivity index (χ2n) is 10.2. The first-order chi connectivity index (χ1) is 19.6. The largest absolute Gasteiger partial charge is 0.381 e. The third-order valence-electron chi connectivity index (χ3n) is 7.27. The number of aryl methyl sites for hydroxylation is 2. The van der Waals surface area contributed by atoms with E-state index in [1.165, 1.54) is 22.7 Å². The molecule has 12 heteroatoms. The topological polar surface area (TPSA) is 128 Å². The van der Waals surface area contributed by atoms with E-state index in [4.69, 9.17) is 10.5 Å². The molecule has 1 unspecified atom stereocenters. The molecule has 1 amide bonds. The van der Waals surface area contributed by atoms with Gasteiger partial charge >= 0.3 is 0 Å². The van der Waals surface area contributed by atoms with Crippen LogP contribution in [0.15, 0.2) is 64.6 Å². The van der Waals surface area contributed by atoms with Gasteiger partial charge in [-0.2, -0.15) is 0 Å². The Kier molecular flexibility index (Phi) is 8.74. The number of rotatable bonds is 5. The van der Waals surface area contributed by atoms with Gasteiger partial charge in [-0.15, -0.1) is 22.7 Å². The van der Waals surface area contributed by atoms with E-state index in [1.807, 2.05) is 37.9 Å². The highest BCUT2D eigenvalue weighted by Gasteiger charge is 2.34. The number of benzene rings is 2. The summed E-state index contributed by atoms with van der Waals surface area (Å²) in [5.41, 5.74) is 7.31. The Hall–Kier alpha value is -3.32. The number of carbonyl (C=O) groups is 1. The molecule has 0 bridgehead atoms. The molecule has 0 spiro atoms. The zero-order valence-electron chi connectivity index (χ0n) is 23.2. The molecule has 4 aromatic rings. The number of para-hydroxylation sites is 1. The van der Waals surface area contributed by atoms with Gasteiger partial charge in [-0.1, -0.05) is 18.2 Å². The maximum absolute atomic E-state index is 13.5. The Morgan fingerprint density at radius 1 is 1.05 bits per heavy atom. The molecule has 2 aliphatic rings. The molecule has 0 radical (unpaired) electrons. The van der Waals surface area contributed by atoms with E-state index >= 15 is 0 Å². The smallest absolute Gasteiger partial charge is 0.233 e. The number of fused-ring (bicyclic) bond motifs is 2. The van der Waals surface area contributed by atoms with Crippen LogP contribution < -0.4 is 16.0 Å². The number of nitrogens with one attached hydrogen (secondary N) is 1. The molecule has 9 nitrogen and oxygen atoms in total. The minimum absolute atomic E-state index is 0.123. The van der Waals surface area contributed by atoms with E-state index in [0.29, 0.717) is 52.1 Å². The summed E-state index contributed by atoms with van der Waals surface area (Å²) < 4.78 is 32.1. The number of nitrogens with two attached hydrogens (primary N) is 1. The normalized spacial score (nSPS) is 16.6. The monoisotopic (exact) mass is 611 g/mol. The van der Waals surface area contributed by atoms with Crippen molar-refractivity contribution >= 4 is 60.1 Å². The lowest BCUT2D eigenvalue weighted by Gasteiger charge is -2.31. The molecule has 41 heavy (non-hydrogen) atoms. The van der Waals surface area contributed by atoms with Crippen LogP contribution in [0.25, 0.3) is 0 Å². The summed E-state index contributed by atoms with van der Waals surface area (Å²) >= 11 is 2.95. The quantitative estimate of drug-likeness (QED) is 0.284. The van der Waals surface area contributed by atoms with Crippen molar-refractivity contribution in [2.24, 2.45) is 5.92 Å². The number of anilines is 4. The van der Waals surface area contributed by atoms with Crippen molar-refractivity contribution in [3.05, 3.63) is 70.2 Å². The van der Waals surface area contributed by atoms with Crippen molar-refractivity contribution in [3.63, 3.8) is 0 Å². The van der Waals surface area contributed by atoms with Gasteiger partial charge in [0.25, 0.3) is 0 Å². The lowest BCUT2D eigenvalue weighted by atomic mass is 9.84. The van der Waals surface area contributed by atoms with E-state index in [1.54, 1.807) is 42.7 Å². The van der Waals surface area contributed by atoms with Crippen molar-refractivity contribution in [1.29, 1.82) is 0 Å². The molecule has 1 saturated heterocycles. The number of carbonyl (C=O) groups excluding carboxylic acids is 1. The summed E-state index contributed by atoms with van der Waals surface area (Å²) in [6.07, 6.45) is 5.99. The van der Waals surface area contributed by atoms with Crippen molar-refractivity contribution in [2.45, 2.75) is 48.8 Å². The highest BCUT2D eigenvalue weighted by Crippen LogP contribution is 2.44. The van der Waals surface area contributed by atoms with Crippen LogP contribution in [-0.4, -0.2) is 44.6 Å². The summed E-state index contributed by atoms with van der Waals surface area (Å²) in [6.45, 7) is 5.33. The SMILES string of the molecule is Cc1cnc(N)s1.Cc1cnc(NC(=O)C(CC2CCOCC2)c2ccc3c(c2)N(C)c2ccccc2S3(=O)=O)s1. The lowest BCUT2D eigenvalue weighted by Crippen LogP contribution is -2.27. The first kappa shape index (κ1) is 29.2. The average molecular weight is 612 g/mol. The van der Waals surface area contributed by atoms with Crippen LogP contribution in [0.5, 0.6) is 0 Å². The van der Waals surface area contributed by atoms with Gasteiger partial charge in [0.15, 0.2) is 10.3 Å². The van der Waals surface area contributed by atoms with E-state index in [0.717, 1.165) is 28.2 Å². The number of sulfone groups is 1. The number of aromatic nitrogens is 2. The molecule has 2 aromatic heterocycles. The number of ether oxygens (including phenoxy) is 1. The van der Waals surface area contributed by atoms with Gasteiger partial charge in [0.1, 0.15) is 0 Å². The first-order valence-corrected chi connectivity index (χ1v) is 16.5. The predicted octanol–water partition coefficient (Wildman–Crippen LogP) is 5.94. The Bertz CT molecular complexity index is 1630. The Labute approximate surface area is 248 Å². The van der Waals surface area contributed by atoms with Gasteiger partial charge < -0.3 is 20.7 Å². The molecule has 6 rings (SSSR count). The fourth-order valence-electron chi connectivity index (χ4n) is 5.14. The van der Waals surface area contributed by atoms with Crippen LogP contribution in [0.3, 0.4) is 0 Å². The molecule has 1 atom stereocenters. The van der Waals surface area contributed by atoms with Gasteiger partial charge in [-0.05, 0) is 68.9 Å². The Balaban J connectivity index is 0.000000423. The summed E-state index contributed by atoms with van der Waals surface area (Å²) in [5.74, 6) is -0.186. The predicted molar refractivity (Wildman–Crippen MR) is 164 cm³/mol. The number of thiazole rings is 2. The summed E-state index contributed by atoms with van der Waals surface area (Å²) in [4.78, 5) is 26.2. The van der Waals surface area contributed by atoms with Crippen molar-refractivity contribution < 1.29 is 17.9 Å². The van der Waals surface area contributed by atoms with Crippen LogP contribution >= 0.6 is 22.7 Å². The van der Waals surface area contributed by atoms with Crippen molar-refractivity contribution in [2.75, 3.05) is 36.2 Å². The Morgan fingerprint density at radius 3 is 2.37 bits per heavy atom. The second kappa shape index (κ2) is 12.3. The molecule has 4 heterocycles. The molecular formula is C29H33N5O4S3. The first-order valence-electron chi connectivity index (χ1n) is 13.3. The van der Waals surface area contributed by atoms with Crippen LogP contribution in [0.1, 0.15) is 40.5 Å². The van der Waals surface area contributed by atoms with Crippen molar-refractivity contribution in [3.8, 4) is 0 Å². The van der Waals surface area contributed by atoms with Gasteiger partial charge in [0, 0.05) is 42.4 Å². The zero-order chi connectivity index (χ0) is 29.1. The van der Waals surface area contributed by atoms with Crippen molar-refractivity contribution in [1.82, 2.24) is 9.97 Å². The van der Waals surface area contributed by atoms with Gasteiger partial charge in [0.2, 0.25) is 15.7 Å². The van der Waals surface area contributed by atoms with E-state index in [2.05, 4.69) is 15.3 Å².